The minimum atomic E-state index is -1.10. The molecule has 3 nitrogen and oxygen atoms in total. The van der Waals surface area contributed by atoms with E-state index in [0.29, 0.717) is 5.39 Å². The fourth-order valence-corrected chi connectivity index (χ4v) is 1.53. The summed E-state index contributed by atoms with van der Waals surface area (Å²) in [6, 6.07) is 2.53. The predicted octanol–water partition coefficient (Wildman–Crippen LogP) is 3.03. The molecule has 72 valence electrons. The molecule has 1 aromatic heterocycles. The van der Waals surface area contributed by atoms with Gasteiger partial charge in [-0.05, 0) is 22.0 Å². The molecule has 0 aliphatic heterocycles. The van der Waals surface area contributed by atoms with Gasteiger partial charge in [0.05, 0.1) is 4.47 Å². The first kappa shape index (κ1) is 9.21. The average molecular weight is 259 g/mol. The minimum Gasteiger partial charge on any atom is -0.478 e. The van der Waals surface area contributed by atoms with E-state index in [4.69, 9.17) is 9.52 Å². The van der Waals surface area contributed by atoms with Gasteiger partial charge in [0.15, 0.2) is 0 Å². The summed E-state index contributed by atoms with van der Waals surface area (Å²) in [7, 11) is 0. The summed E-state index contributed by atoms with van der Waals surface area (Å²) in [6.45, 7) is 0. The lowest BCUT2D eigenvalue weighted by molar-refractivity contribution is 0.0698. The third-order valence-electron chi connectivity index (χ3n) is 1.85. The molecule has 0 aliphatic carbocycles. The van der Waals surface area contributed by atoms with E-state index in [1.54, 1.807) is 0 Å². The molecular formula is C9H4BrFO3. The van der Waals surface area contributed by atoms with Gasteiger partial charge in [-0.3, -0.25) is 0 Å². The summed E-state index contributed by atoms with van der Waals surface area (Å²) < 4.78 is 18.1. The van der Waals surface area contributed by atoms with Crippen LogP contribution in [0.4, 0.5) is 4.39 Å². The van der Waals surface area contributed by atoms with Gasteiger partial charge in [-0.25, -0.2) is 9.18 Å². The molecule has 2 rings (SSSR count). The lowest BCUT2D eigenvalue weighted by Gasteiger charge is -1.94. The van der Waals surface area contributed by atoms with Crippen molar-refractivity contribution in [3.63, 3.8) is 0 Å². The number of fused-ring (bicyclic) bond motifs is 1. The van der Waals surface area contributed by atoms with Crippen molar-refractivity contribution in [2.75, 3.05) is 0 Å². The van der Waals surface area contributed by atoms with Crippen LogP contribution in [0.5, 0.6) is 0 Å². The van der Waals surface area contributed by atoms with Crippen molar-refractivity contribution in [3.8, 4) is 0 Å². The van der Waals surface area contributed by atoms with Crippen LogP contribution in [0.3, 0.4) is 0 Å². The fourth-order valence-electron chi connectivity index (χ4n) is 1.19. The molecule has 0 aliphatic rings. The lowest BCUT2D eigenvalue weighted by Crippen LogP contribution is -1.93. The second-order valence-electron chi connectivity index (χ2n) is 2.72. The number of halogens is 2. The largest absolute Gasteiger partial charge is 0.478 e. The number of carboxylic acids is 1. The van der Waals surface area contributed by atoms with Gasteiger partial charge in [-0.1, -0.05) is 0 Å². The summed E-state index contributed by atoms with van der Waals surface area (Å²) in [5.41, 5.74) is 0.254. The van der Waals surface area contributed by atoms with E-state index < -0.39 is 11.8 Å². The van der Waals surface area contributed by atoms with Crippen LogP contribution in [0, 0.1) is 5.82 Å². The lowest BCUT2D eigenvalue weighted by atomic mass is 10.2. The Kier molecular flexibility index (Phi) is 2.03. The number of furan rings is 1. The number of hydrogen-bond donors (Lipinski definition) is 1. The van der Waals surface area contributed by atoms with E-state index in [-0.39, 0.29) is 15.6 Å². The van der Waals surface area contributed by atoms with E-state index in [2.05, 4.69) is 15.9 Å². The van der Waals surface area contributed by atoms with Crippen LogP contribution in [-0.2, 0) is 0 Å². The van der Waals surface area contributed by atoms with Crippen molar-refractivity contribution in [2.24, 2.45) is 0 Å². The summed E-state index contributed by atoms with van der Waals surface area (Å²) >= 11 is 2.97. The molecule has 0 saturated carbocycles. The van der Waals surface area contributed by atoms with Gasteiger partial charge in [0.2, 0.25) is 0 Å². The Morgan fingerprint density at radius 1 is 1.50 bits per heavy atom. The number of aromatic carboxylic acids is 1. The first-order chi connectivity index (χ1) is 6.59. The van der Waals surface area contributed by atoms with Gasteiger partial charge in [0.25, 0.3) is 0 Å². The van der Waals surface area contributed by atoms with E-state index in [1.807, 2.05) is 0 Å². The van der Waals surface area contributed by atoms with Crippen molar-refractivity contribution in [1.29, 1.82) is 0 Å². The Balaban J connectivity index is 2.80. The number of hydrogen-bond acceptors (Lipinski definition) is 2. The monoisotopic (exact) mass is 258 g/mol. The molecule has 14 heavy (non-hydrogen) atoms. The van der Waals surface area contributed by atoms with Crippen molar-refractivity contribution in [1.82, 2.24) is 0 Å². The Labute approximate surface area is 86.3 Å². The second kappa shape index (κ2) is 3.09. The maximum Gasteiger partial charge on any atom is 0.339 e. The third kappa shape index (κ3) is 1.29. The van der Waals surface area contributed by atoms with Gasteiger partial charge >= 0.3 is 5.97 Å². The first-order valence-electron chi connectivity index (χ1n) is 3.69. The maximum atomic E-state index is 13.0. The molecule has 0 unspecified atom stereocenters. The zero-order valence-electron chi connectivity index (χ0n) is 6.75. The van der Waals surface area contributed by atoms with Gasteiger partial charge in [0, 0.05) is 11.5 Å². The maximum absolute atomic E-state index is 13.0. The molecule has 0 spiro atoms. The molecule has 0 bridgehead atoms. The molecule has 0 saturated heterocycles. The van der Waals surface area contributed by atoms with Crippen molar-refractivity contribution in [2.45, 2.75) is 0 Å². The Morgan fingerprint density at radius 2 is 2.21 bits per heavy atom. The minimum absolute atomic E-state index is 0.0284. The molecule has 0 fully saturated rings. The van der Waals surface area contributed by atoms with Crippen LogP contribution in [0.2, 0.25) is 0 Å². The van der Waals surface area contributed by atoms with Crippen LogP contribution < -0.4 is 0 Å². The molecule has 1 N–H and O–H groups in total. The smallest absolute Gasteiger partial charge is 0.339 e. The fraction of sp³-hybridized carbons (Fsp3) is 0. The van der Waals surface area contributed by atoms with Crippen molar-refractivity contribution >= 4 is 32.9 Å². The molecule has 1 heterocycles. The first-order valence-corrected chi connectivity index (χ1v) is 4.48. The topological polar surface area (TPSA) is 50.4 Å². The summed E-state index contributed by atoms with van der Waals surface area (Å²) in [5.74, 6) is -1.58. The zero-order chi connectivity index (χ0) is 10.3. The molecule has 1 aromatic carbocycles. The molecule has 0 radical (unpaired) electrons. The van der Waals surface area contributed by atoms with Crippen LogP contribution in [0.25, 0.3) is 11.0 Å². The zero-order valence-corrected chi connectivity index (χ0v) is 8.34. The highest BCUT2D eigenvalue weighted by Crippen LogP contribution is 2.27. The molecule has 0 amide bonds. The van der Waals surface area contributed by atoms with Crippen molar-refractivity contribution < 1.29 is 18.7 Å². The molecular weight excluding hydrogens is 255 g/mol. The van der Waals surface area contributed by atoms with Crippen LogP contribution in [0.1, 0.15) is 10.4 Å². The quantitative estimate of drug-likeness (QED) is 0.856. The number of rotatable bonds is 1. The third-order valence-corrected chi connectivity index (χ3v) is 2.45. The Bertz CT molecular complexity index is 518. The summed E-state index contributed by atoms with van der Waals surface area (Å²) in [4.78, 5) is 10.7. The van der Waals surface area contributed by atoms with Gasteiger partial charge in [-0.2, -0.15) is 0 Å². The number of carbonyl (C=O) groups is 1. The summed E-state index contributed by atoms with van der Waals surface area (Å²) in [6.07, 6.45) is 1.10. The second-order valence-corrected chi connectivity index (χ2v) is 3.57. The number of carboxylic acid groups (broad SMARTS) is 1. The Morgan fingerprint density at radius 3 is 2.86 bits per heavy atom. The Hall–Kier alpha value is -1.36. The molecule has 0 atom stereocenters. The SMILES string of the molecule is O=C(O)c1coc2cc(F)c(Br)cc12. The highest BCUT2D eigenvalue weighted by Gasteiger charge is 2.14. The molecule has 2 aromatic rings. The number of benzene rings is 1. The van der Waals surface area contributed by atoms with Gasteiger partial charge in [0.1, 0.15) is 23.2 Å². The normalized spacial score (nSPS) is 10.7. The van der Waals surface area contributed by atoms with Gasteiger partial charge in [-0.15, -0.1) is 0 Å². The van der Waals surface area contributed by atoms with E-state index in [0.717, 1.165) is 12.3 Å². The average Bonchev–Trinajstić information content (AvgIpc) is 2.48. The molecule has 5 heteroatoms. The van der Waals surface area contributed by atoms with E-state index >= 15 is 0 Å². The highest BCUT2D eigenvalue weighted by molar-refractivity contribution is 9.10. The van der Waals surface area contributed by atoms with Crippen molar-refractivity contribution in [3.05, 3.63) is 34.2 Å². The summed E-state index contributed by atoms with van der Waals surface area (Å²) in [5, 5.41) is 9.14. The highest BCUT2D eigenvalue weighted by atomic mass is 79.9. The van der Waals surface area contributed by atoms with Crippen LogP contribution in [-0.4, -0.2) is 11.1 Å². The van der Waals surface area contributed by atoms with Crippen LogP contribution >= 0.6 is 15.9 Å². The van der Waals surface area contributed by atoms with E-state index in [1.165, 1.54) is 6.07 Å². The van der Waals surface area contributed by atoms with Crippen LogP contribution in [0.15, 0.2) is 27.3 Å². The predicted molar refractivity (Wildman–Crippen MR) is 50.8 cm³/mol. The van der Waals surface area contributed by atoms with Gasteiger partial charge < -0.3 is 9.52 Å². The van der Waals surface area contributed by atoms with E-state index in [9.17, 15) is 9.18 Å². The standard InChI is InChI=1S/C9H4BrFO3/c10-6-1-4-5(9(12)13)3-14-8(4)2-7(6)11/h1-3H,(H,12,13).